The number of hydrogen-bond donors (Lipinski definition) is 1. The van der Waals surface area contributed by atoms with E-state index in [1.807, 2.05) is 0 Å². The summed E-state index contributed by atoms with van der Waals surface area (Å²) in [5.41, 5.74) is 2.77. The van der Waals surface area contributed by atoms with Crippen LogP contribution in [0, 0.1) is 12.3 Å². The second-order valence-electron chi connectivity index (χ2n) is 5.60. The van der Waals surface area contributed by atoms with Crippen molar-refractivity contribution < 1.29 is 0 Å². The number of nitrogens with zero attached hydrogens (tertiary/aromatic N) is 2. The third-order valence-electron chi connectivity index (χ3n) is 4.34. The smallest absolute Gasteiger partial charge is 0.106 e. The topological polar surface area (TPSA) is 17.8 Å². The average Bonchev–Trinajstić information content (AvgIpc) is 2.97. The number of fused-ring (bicyclic) bond motifs is 1. The molecule has 0 atom stereocenters. The van der Waals surface area contributed by atoms with Crippen LogP contribution in [0.3, 0.4) is 0 Å². The minimum atomic E-state index is 0.386. The Morgan fingerprint density at radius 2 is 2.00 bits per heavy atom. The van der Waals surface area contributed by atoms with Crippen molar-refractivity contribution >= 4 is 23.7 Å². The van der Waals surface area contributed by atoms with Crippen LogP contribution in [0.4, 0.5) is 0 Å². The van der Waals surface area contributed by atoms with E-state index in [-0.39, 0.29) is 0 Å². The zero-order valence-electron chi connectivity index (χ0n) is 10.9. The van der Waals surface area contributed by atoms with Gasteiger partial charge in [0, 0.05) is 6.54 Å². The van der Waals surface area contributed by atoms with Gasteiger partial charge in [0.2, 0.25) is 0 Å². The molecule has 1 saturated carbocycles. The summed E-state index contributed by atoms with van der Waals surface area (Å²) in [7, 11) is 0. The zero-order valence-corrected chi connectivity index (χ0v) is 11.8. The second kappa shape index (κ2) is 4.61. The molecule has 18 heavy (non-hydrogen) atoms. The van der Waals surface area contributed by atoms with E-state index in [2.05, 4.69) is 53.4 Å². The van der Waals surface area contributed by atoms with Gasteiger partial charge in [0.05, 0.1) is 11.0 Å². The highest BCUT2D eigenvalue weighted by Gasteiger charge is 2.33. The third-order valence-corrected chi connectivity index (χ3v) is 5.01. The van der Waals surface area contributed by atoms with Crippen LogP contribution < -0.4 is 0 Å². The third kappa shape index (κ3) is 1.95. The molecule has 3 rings (SSSR count). The van der Waals surface area contributed by atoms with Gasteiger partial charge in [-0.3, -0.25) is 0 Å². The van der Waals surface area contributed by atoms with Gasteiger partial charge >= 0.3 is 0 Å². The first-order chi connectivity index (χ1) is 8.74. The molecule has 0 bridgehead atoms. The lowest BCUT2D eigenvalue weighted by molar-refractivity contribution is 0.291. The Bertz CT molecular complexity index is 553. The molecule has 2 aromatic rings. The predicted molar refractivity (Wildman–Crippen MR) is 79.2 cm³/mol. The molecular formula is C15H20N2S. The van der Waals surface area contributed by atoms with Crippen molar-refractivity contribution in [3.8, 4) is 0 Å². The fourth-order valence-electron chi connectivity index (χ4n) is 3.22. The Kier molecular flexibility index (Phi) is 3.10. The molecule has 1 aromatic carbocycles. The quantitative estimate of drug-likeness (QED) is 0.830. The van der Waals surface area contributed by atoms with E-state index in [9.17, 15) is 0 Å². The highest BCUT2D eigenvalue weighted by Crippen LogP contribution is 2.41. The van der Waals surface area contributed by atoms with Crippen molar-refractivity contribution in [1.29, 1.82) is 0 Å². The number of thiol groups is 1. The molecule has 0 amide bonds. The first-order valence-electron chi connectivity index (χ1n) is 6.77. The molecule has 2 nitrogen and oxygen atoms in total. The molecule has 1 aliphatic rings. The molecule has 0 aliphatic heterocycles. The van der Waals surface area contributed by atoms with Crippen LogP contribution in [0.1, 0.15) is 31.5 Å². The first kappa shape index (κ1) is 12.1. The fourth-order valence-corrected chi connectivity index (χ4v) is 3.64. The molecule has 1 aliphatic carbocycles. The molecule has 1 fully saturated rings. The van der Waals surface area contributed by atoms with E-state index in [0.717, 1.165) is 23.6 Å². The molecule has 96 valence electrons. The number of aromatic nitrogens is 2. The summed E-state index contributed by atoms with van der Waals surface area (Å²) in [6.07, 6.45) is 5.32. The lowest BCUT2D eigenvalue weighted by Gasteiger charge is -2.28. The Balaban J connectivity index is 2.01. The van der Waals surface area contributed by atoms with E-state index in [1.54, 1.807) is 0 Å². The first-order valence-corrected chi connectivity index (χ1v) is 7.40. The van der Waals surface area contributed by atoms with Crippen LogP contribution in [0.15, 0.2) is 24.3 Å². The number of benzene rings is 1. The number of para-hydroxylation sites is 2. The number of imidazole rings is 1. The van der Waals surface area contributed by atoms with Gasteiger partial charge in [0.1, 0.15) is 5.82 Å². The van der Waals surface area contributed by atoms with Gasteiger partial charge in [-0.25, -0.2) is 4.98 Å². The van der Waals surface area contributed by atoms with Gasteiger partial charge in [-0.1, -0.05) is 25.0 Å². The second-order valence-corrected chi connectivity index (χ2v) is 5.92. The monoisotopic (exact) mass is 260 g/mol. The normalized spacial score (nSPS) is 18.6. The molecule has 0 radical (unpaired) electrons. The van der Waals surface area contributed by atoms with Crippen LogP contribution in [-0.4, -0.2) is 15.3 Å². The molecule has 1 aromatic heterocycles. The summed E-state index contributed by atoms with van der Waals surface area (Å²) in [5, 5.41) is 0. The van der Waals surface area contributed by atoms with Gasteiger partial charge in [-0.05, 0) is 43.1 Å². The summed E-state index contributed by atoms with van der Waals surface area (Å²) >= 11 is 4.61. The number of aryl methyl sites for hydroxylation is 1. The Morgan fingerprint density at radius 3 is 2.72 bits per heavy atom. The summed E-state index contributed by atoms with van der Waals surface area (Å²) in [6, 6.07) is 8.43. The van der Waals surface area contributed by atoms with Crippen LogP contribution >= 0.6 is 12.6 Å². The summed E-state index contributed by atoms with van der Waals surface area (Å²) < 4.78 is 2.39. The van der Waals surface area contributed by atoms with Crippen LogP contribution in [0.2, 0.25) is 0 Å². The lowest BCUT2D eigenvalue weighted by Crippen LogP contribution is -2.26. The molecule has 0 unspecified atom stereocenters. The minimum Gasteiger partial charge on any atom is -0.328 e. The van der Waals surface area contributed by atoms with E-state index < -0.39 is 0 Å². The Labute approximate surface area is 114 Å². The Morgan fingerprint density at radius 1 is 1.28 bits per heavy atom. The SMILES string of the molecule is Cc1nc2ccccc2n1CC1(CS)CCCC1. The Hall–Kier alpha value is -0.960. The van der Waals surface area contributed by atoms with Gasteiger partial charge < -0.3 is 4.57 Å². The van der Waals surface area contributed by atoms with Crippen molar-refractivity contribution in [2.75, 3.05) is 5.75 Å². The van der Waals surface area contributed by atoms with Crippen LogP contribution in [0.5, 0.6) is 0 Å². The summed E-state index contributed by atoms with van der Waals surface area (Å²) in [6.45, 7) is 3.18. The maximum absolute atomic E-state index is 4.66. The number of hydrogen-bond acceptors (Lipinski definition) is 2. The highest BCUT2D eigenvalue weighted by atomic mass is 32.1. The summed E-state index contributed by atoms with van der Waals surface area (Å²) in [5.74, 6) is 2.11. The molecule has 1 heterocycles. The van der Waals surface area contributed by atoms with E-state index >= 15 is 0 Å². The van der Waals surface area contributed by atoms with Gasteiger partial charge in [-0.15, -0.1) is 0 Å². The average molecular weight is 260 g/mol. The highest BCUT2D eigenvalue weighted by molar-refractivity contribution is 7.80. The predicted octanol–water partition coefficient (Wildman–Crippen LogP) is 3.83. The maximum Gasteiger partial charge on any atom is 0.106 e. The number of rotatable bonds is 3. The van der Waals surface area contributed by atoms with E-state index in [0.29, 0.717) is 5.41 Å². The summed E-state index contributed by atoms with van der Waals surface area (Å²) in [4.78, 5) is 4.66. The van der Waals surface area contributed by atoms with E-state index in [4.69, 9.17) is 0 Å². The van der Waals surface area contributed by atoms with Gasteiger partial charge in [0.25, 0.3) is 0 Å². The molecular weight excluding hydrogens is 240 g/mol. The lowest BCUT2D eigenvalue weighted by atomic mass is 9.88. The van der Waals surface area contributed by atoms with Crippen molar-refractivity contribution in [3.63, 3.8) is 0 Å². The van der Waals surface area contributed by atoms with Gasteiger partial charge in [-0.2, -0.15) is 12.6 Å². The molecule has 0 N–H and O–H groups in total. The molecule has 0 saturated heterocycles. The van der Waals surface area contributed by atoms with E-state index in [1.165, 1.54) is 31.2 Å². The maximum atomic E-state index is 4.66. The van der Waals surface area contributed by atoms with Crippen molar-refractivity contribution in [2.45, 2.75) is 39.2 Å². The van der Waals surface area contributed by atoms with Crippen molar-refractivity contribution in [2.24, 2.45) is 5.41 Å². The molecule has 0 spiro atoms. The molecule has 3 heteroatoms. The zero-order chi connectivity index (χ0) is 12.6. The van der Waals surface area contributed by atoms with Crippen LogP contribution in [0.25, 0.3) is 11.0 Å². The fraction of sp³-hybridized carbons (Fsp3) is 0.533. The standard InChI is InChI=1S/C15H20N2S/c1-12-16-13-6-2-3-7-14(13)17(12)10-15(11-18)8-4-5-9-15/h2-3,6-7,18H,4-5,8-11H2,1H3. The van der Waals surface area contributed by atoms with Crippen molar-refractivity contribution in [3.05, 3.63) is 30.1 Å². The minimum absolute atomic E-state index is 0.386. The van der Waals surface area contributed by atoms with Crippen molar-refractivity contribution in [1.82, 2.24) is 9.55 Å². The van der Waals surface area contributed by atoms with Crippen LogP contribution in [-0.2, 0) is 6.54 Å². The van der Waals surface area contributed by atoms with Gasteiger partial charge in [0.15, 0.2) is 0 Å². The largest absolute Gasteiger partial charge is 0.328 e.